The van der Waals surface area contributed by atoms with E-state index < -0.39 is 0 Å². The number of aliphatic hydroxyl groups is 1. The highest BCUT2D eigenvalue weighted by Gasteiger charge is 2.11. The van der Waals surface area contributed by atoms with Gasteiger partial charge >= 0.3 is 0 Å². The lowest BCUT2D eigenvalue weighted by Crippen LogP contribution is -2.35. The van der Waals surface area contributed by atoms with Crippen molar-refractivity contribution in [3.05, 3.63) is 28.2 Å². The normalized spacial score (nSPS) is 13.4. The molecule has 0 saturated carbocycles. The van der Waals surface area contributed by atoms with Gasteiger partial charge in [-0.05, 0) is 45.9 Å². The summed E-state index contributed by atoms with van der Waals surface area (Å²) in [7, 11) is 0. The maximum absolute atomic E-state index is 9.25. The Bertz CT molecular complexity index is 400. The minimum Gasteiger partial charge on any atom is -0.493 e. The van der Waals surface area contributed by atoms with Gasteiger partial charge in [0, 0.05) is 28.5 Å². The van der Waals surface area contributed by atoms with Crippen LogP contribution in [0.2, 0.25) is 0 Å². The van der Waals surface area contributed by atoms with Crippen molar-refractivity contribution < 1.29 is 9.84 Å². The maximum Gasteiger partial charge on any atom is 0.123 e. The van der Waals surface area contributed by atoms with Crippen LogP contribution in [0.4, 0.5) is 0 Å². The van der Waals surface area contributed by atoms with Gasteiger partial charge in [0.2, 0.25) is 0 Å². The predicted octanol–water partition coefficient (Wildman–Crippen LogP) is 3.49. The summed E-state index contributed by atoms with van der Waals surface area (Å²) in [5, 5.41) is 12.7. The summed E-state index contributed by atoms with van der Waals surface area (Å²) in [5.41, 5.74) is 1.19. The van der Waals surface area contributed by atoms with Gasteiger partial charge in [0.05, 0.1) is 12.7 Å². The molecule has 2 N–H and O–H groups in total. The van der Waals surface area contributed by atoms with Crippen molar-refractivity contribution in [2.45, 2.75) is 52.3 Å². The van der Waals surface area contributed by atoms with Gasteiger partial charge in [0.25, 0.3) is 0 Å². The third kappa shape index (κ3) is 6.95. The van der Waals surface area contributed by atoms with E-state index in [0.717, 1.165) is 22.3 Å². The molecule has 0 aliphatic heterocycles. The molecular weight excluding hydrogens is 306 g/mol. The van der Waals surface area contributed by atoms with Crippen molar-refractivity contribution in [1.29, 1.82) is 0 Å². The average molecular weight is 330 g/mol. The molecule has 1 unspecified atom stereocenters. The highest BCUT2D eigenvalue weighted by molar-refractivity contribution is 9.10. The summed E-state index contributed by atoms with van der Waals surface area (Å²) in [6, 6.07) is 6.00. The van der Waals surface area contributed by atoms with Gasteiger partial charge in [-0.25, -0.2) is 0 Å². The third-order valence-electron chi connectivity index (χ3n) is 2.62. The molecule has 0 aromatic heterocycles. The summed E-state index contributed by atoms with van der Waals surface area (Å²) >= 11 is 3.48. The molecule has 1 atom stereocenters. The molecule has 19 heavy (non-hydrogen) atoms. The molecule has 0 radical (unpaired) electrons. The Hall–Kier alpha value is -0.580. The molecule has 1 aromatic rings. The van der Waals surface area contributed by atoms with Crippen LogP contribution in [-0.2, 0) is 6.54 Å². The van der Waals surface area contributed by atoms with Gasteiger partial charge < -0.3 is 15.2 Å². The second-order valence-electron chi connectivity index (χ2n) is 5.84. The van der Waals surface area contributed by atoms with E-state index in [1.165, 1.54) is 0 Å². The van der Waals surface area contributed by atoms with Gasteiger partial charge in [-0.15, -0.1) is 0 Å². The van der Waals surface area contributed by atoms with Crippen LogP contribution in [0.25, 0.3) is 0 Å². The smallest absolute Gasteiger partial charge is 0.123 e. The molecular formula is C15H24BrNO2. The Morgan fingerprint density at radius 2 is 2.05 bits per heavy atom. The van der Waals surface area contributed by atoms with Crippen molar-refractivity contribution in [2.24, 2.45) is 0 Å². The van der Waals surface area contributed by atoms with Crippen LogP contribution in [0.5, 0.6) is 5.75 Å². The molecule has 1 aromatic carbocycles. The van der Waals surface area contributed by atoms with Crippen LogP contribution >= 0.6 is 15.9 Å². The Kier molecular flexibility index (Phi) is 6.30. The fourth-order valence-electron chi connectivity index (χ4n) is 1.53. The molecule has 1 rings (SSSR count). The first-order valence-corrected chi connectivity index (χ1v) is 7.41. The molecule has 0 aliphatic carbocycles. The molecule has 0 amide bonds. The quantitative estimate of drug-likeness (QED) is 0.839. The topological polar surface area (TPSA) is 41.5 Å². The van der Waals surface area contributed by atoms with Gasteiger partial charge in [0.1, 0.15) is 5.75 Å². The van der Waals surface area contributed by atoms with Crippen LogP contribution in [0.15, 0.2) is 22.7 Å². The zero-order valence-electron chi connectivity index (χ0n) is 12.2. The average Bonchev–Trinajstić information content (AvgIpc) is 2.27. The summed E-state index contributed by atoms with van der Waals surface area (Å²) in [5.74, 6) is 0.876. The standard InChI is InChI=1S/C15H24BrNO2/c1-11(18)7-8-19-14-6-5-13(16)9-12(14)10-17-15(2,3)4/h5-6,9,11,17-18H,7-8,10H2,1-4H3. The number of hydrogen-bond donors (Lipinski definition) is 2. The molecule has 0 heterocycles. The van der Waals surface area contributed by atoms with Crippen molar-refractivity contribution in [1.82, 2.24) is 5.32 Å². The molecule has 0 bridgehead atoms. The van der Waals surface area contributed by atoms with E-state index in [2.05, 4.69) is 48.1 Å². The van der Waals surface area contributed by atoms with Crippen LogP contribution in [0.1, 0.15) is 39.7 Å². The van der Waals surface area contributed by atoms with Crippen molar-refractivity contribution in [3.8, 4) is 5.75 Å². The van der Waals surface area contributed by atoms with Gasteiger partial charge in [-0.1, -0.05) is 15.9 Å². The number of aliphatic hydroxyl groups excluding tert-OH is 1. The maximum atomic E-state index is 9.25. The molecule has 0 spiro atoms. The van der Waals surface area contributed by atoms with Crippen molar-refractivity contribution >= 4 is 15.9 Å². The lowest BCUT2D eigenvalue weighted by molar-refractivity contribution is 0.155. The number of nitrogens with one attached hydrogen (secondary N) is 1. The summed E-state index contributed by atoms with van der Waals surface area (Å²) in [6.07, 6.45) is 0.314. The summed E-state index contributed by atoms with van der Waals surface area (Å²) in [4.78, 5) is 0. The molecule has 0 aliphatic rings. The largest absolute Gasteiger partial charge is 0.493 e. The van der Waals surface area contributed by atoms with Crippen LogP contribution < -0.4 is 10.1 Å². The predicted molar refractivity (Wildman–Crippen MR) is 82.5 cm³/mol. The van der Waals surface area contributed by atoms with Crippen LogP contribution in [0.3, 0.4) is 0 Å². The lowest BCUT2D eigenvalue weighted by atomic mass is 10.1. The highest BCUT2D eigenvalue weighted by atomic mass is 79.9. The molecule has 0 fully saturated rings. The Labute approximate surface area is 124 Å². The van der Waals surface area contributed by atoms with E-state index >= 15 is 0 Å². The zero-order chi connectivity index (χ0) is 14.5. The SMILES string of the molecule is CC(O)CCOc1ccc(Br)cc1CNC(C)(C)C. The van der Waals surface area contributed by atoms with E-state index in [4.69, 9.17) is 4.74 Å². The lowest BCUT2D eigenvalue weighted by Gasteiger charge is -2.22. The molecule has 4 heteroatoms. The molecule has 108 valence electrons. The highest BCUT2D eigenvalue weighted by Crippen LogP contribution is 2.24. The second kappa shape index (κ2) is 7.27. The fraction of sp³-hybridized carbons (Fsp3) is 0.600. The van der Waals surface area contributed by atoms with Gasteiger partial charge in [0.15, 0.2) is 0 Å². The van der Waals surface area contributed by atoms with E-state index in [-0.39, 0.29) is 11.6 Å². The first-order chi connectivity index (χ1) is 8.78. The minimum atomic E-state index is -0.327. The third-order valence-corrected chi connectivity index (χ3v) is 3.12. The number of hydrogen-bond acceptors (Lipinski definition) is 3. The summed E-state index contributed by atoms with van der Waals surface area (Å²) in [6.45, 7) is 9.47. The second-order valence-corrected chi connectivity index (χ2v) is 6.76. The Balaban J connectivity index is 2.68. The van der Waals surface area contributed by atoms with Crippen LogP contribution in [-0.4, -0.2) is 23.4 Å². The summed E-state index contributed by atoms with van der Waals surface area (Å²) < 4.78 is 6.79. The number of rotatable bonds is 6. The van der Waals surface area contributed by atoms with Gasteiger partial charge in [-0.2, -0.15) is 0 Å². The van der Waals surface area contributed by atoms with E-state index in [9.17, 15) is 5.11 Å². The first-order valence-electron chi connectivity index (χ1n) is 6.62. The van der Waals surface area contributed by atoms with Crippen molar-refractivity contribution in [3.63, 3.8) is 0 Å². The number of benzene rings is 1. The zero-order valence-corrected chi connectivity index (χ0v) is 13.8. The first kappa shape index (κ1) is 16.5. The Morgan fingerprint density at radius 3 is 2.63 bits per heavy atom. The van der Waals surface area contributed by atoms with Gasteiger partial charge in [-0.3, -0.25) is 0 Å². The molecule has 0 saturated heterocycles. The van der Waals surface area contributed by atoms with E-state index in [0.29, 0.717) is 13.0 Å². The molecule has 3 nitrogen and oxygen atoms in total. The minimum absolute atomic E-state index is 0.0687. The van der Waals surface area contributed by atoms with E-state index in [1.54, 1.807) is 6.92 Å². The fourth-order valence-corrected chi connectivity index (χ4v) is 1.94. The monoisotopic (exact) mass is 329 g/mol. The van der Waals surface area contributed by atoms with Crippen LogP contribution in [0, 0.1) is 0 Å². The number of halogens is 1. The Morgan fingerprint density at radius 1 is 1.37 bits per heavy atom. The van der Waals surface area contributed by atoms with Crippen molar-refractivity contribution in [2.75, 3.05) is 6.61 Å². The van der Waals surface area contributed by atoms with E-state index in [1.807, 2.05) is 12.1 Å². The number of ether oxygens (including phenoxy) is 1.